The summed E-state index contributed by atoms with van der Waals surface area (Å²) >= 11 is 0. The minimum atomic E-state index is -0.394. The van der Waals surface area contributed by atoms with Gasteiger partial charge < -0.3 is 15.6 Å². The number of likely N-dealkylation sites (tertiary alicyclic amines) is 1. The van der Waals surface area contributed by atoms with E-state index in [-0.39, 0.29) is 0 Å². The predicted molar refractivity (Wildman–Crippen MR) is 139 cm³/mol. The Kier molecular flexibility index (Phi) is 5.74. The van der Waals surface area contributed by atoms with Gasteiger partial charge in [0.05, 0.1) is 0 Å². The van der Waals surface area contributed by atoms with Crippen molar-refractivity contribution in [3.63, 3.8) is 0 Å². The Balaban J connectivity index is 1.52. The molecule has 2 aromatic heterocycles. The fourth-order valence-corrected chi connectivity index (χ4v) is 5.40. The van der Waals surface area contributed by atoms with Crippen LogP contribution >= 0.6 is 0 Å². The van der Waals surface area contributed by atoms with Gasteiger partial charge in [-0.15, -0.1) is 0 Å². The Bertz CT molecular complexity index is 1390. The highest BCUT2D eigenvalue weighted by Gasteiger charge is 2.20. The summed E-state index contributed by atoms with van der Waals surface area (Å²) in [4.78, 5) is 22.2. The molecule has 0 unspecified atom stereocenters. The summed E-state index contributed by atoms with van der Waals surface area (Å²) < 4.78 is 0. The molecular formula is C29H32N4O. The van der Waals surface area contributed by atoms with Gasteiger partial charge in [0, 0.05) is 34.5 Å². The lowest BCUT2D eigenvalue weighted by atomic mass is 9.86. The number of piperidine rings is 1. The van der Waals surface area contributed by atoms with Crippen LogP contribution in [-0.2, 0) is 0 Å². The number of hydrogen-bond acceptors (Lipinski definition) is 3. The highest BCUT2D eigenvalue weighted by Crippen LogP contribution is 2.36. The Morgan fingerprint density at radius 3 is 2.47 bits per heavy atom. The number of H-pyrrole nitrogens is 1. The van der Waals surface area contributed by atoms with Gasteiger partial charge in [-0.2, -0.15) is 0 Å². The van der Waals surface area contributed by atoms with Crippen LogP contribution in [0.15, 0.2) is 48.8 Å². The van der Waals surface area contributed by atoms with E-state index in [0.29, 0.717) is 11.5 Å². The van der Waals surface area contributed by atoms with E-state index < -0.39 is 5.91 Å². The van der Waals surface area contributed by atoms with Crippen LogP contribution < -0.4 is 5.73 Å². The normalized spacial score (nSPS) is 15.2. The van der Waals surface area contributed by atoms with Crippen LogP contribution in [0.5, 0.6) is 0 Å². The predicted octanol–water partition coefficient (Wildman–Crippen LogP) is 5.73. The van der Waals surface area contributed by atoms with Crippen molar-refractivity contribution < 1.29 is 4.79 Å². The number of benzene rings is 2. The molecule has 1 aliphatic rings. The van der Waals surface area contributed by atoms with Gasteiger partial charge in [0.15, 0.2) is 0 Å². The van der Waals surface area contributed by atoms with E-state index >= 15 is 0 Å². The second-order valence-corrected chi connectivity index (χ2v) is 9.75. The lowest BCUT2D eigenvalue weighted by Gasteiger charge is -2.30. The van der Waals surface area contributed by atoms with Crippen molar-refractivity contribution >= 4 is 16.9 Å². The molecule has 174 valence electrons. The van der Waals surface area contributed by atoms with Crippen molar-refractivity contribution in [1.82, 2.24) is 14.9 Å². The first-order chi connectivity index (χ1) is 16.3. The number of aromatic amines is 1. The monoisotopic (exact) mass is 452 g/mol. The summed E-state index contributed by atoms with van der Waals surface area (Å²) in [6, 6.07) is 12.9. The van der Waals surface area contributed by atoms with Crippen LogP contribution in [0.25, 0.3) is 33.3 Å². The summed E-state index contributed by atoms with van der Waals surface area (Å²) in [5.74, 6) is 0.255. The van der Waals surface area contributed by atoms with Crippen LogP contribution in [-0.4, -0.2) is 40.9 Å². The molecule has 0 bridgehead atoms. The van der Waals surface area contributed by atoms with E-state index in [4.69, 9.17) is 10.7 Å². The number of primary amides is 1. The number of carbonyl (C=O) groups excluding carboxylic acids is 1. The number of nitrogens with two attached hydrogens (primary N) is 1. The molecule has 2 aromatic carbocycles. The smallest absolute Gasteiger partial charge is 0.248 e. The van der Waals surface area contributed by atoms with Gasteiger partial charge >= 0.3 is 0 Å². The molecule has 0 spiro atoms. The Morgan fingerprint density at radius 1 is 1.00 bits per heavy atom. The van der Waals surface area contributed by atoms with Gasteiger partial charge in [0.2, 0.25) is 5.91 Å². The highest BCUT2D eigenvalue weighted by molar-refractivity contribution is 5.99. The molecule has 0 aliphatic carbocycles. The third-order valence-electron chi connectivity index (χ3n) is 7.64. The molecule has 1 amide bonds. The molecule has 1 saturated heterocycles. The number of nitrogens with one attached hydrogen (secondary N) is 1. The molecule has 1 fully saturated rings. The second kappa shape index (κ2) is 8.73. The summed E-state index contributed by atoms with van der Waals surface area (Å²) in [6.07, 6.45) is 6.40. The number of amides is 1. The minimum Gasteiger partial charge on any atom is -0.366 e. The molecular weight excluding hydrogens is 420 g/mol. The average molecular weight is 453 g/mol. The van der Waals surface area contributed by atoms with Crippen molar-refractivity contribution in [3.8, 4) is 22.3 Å². The van der Waals surface area contributed by atoms with Gasteiger partial charge in [0.1, 0.15) is 5.65 Å². The van der Waals surface area contributed by atoms with Crippen molar-refractivity contribution in [2.75, 3.05) is 20.1 Å². The average Bonchev–Trinajstić information content (AvgIpc) is 3.24. The molecule has 5 nitrogen and oxygen atoms in total. The Hall–Kier alpha value is -3.44. The number of aromatic nitrogens is 2. The molecule has 34 heavy (non-hydrogen) atoms. The van der Waals surface area contributed by atoms with Crippen LogP contribution in [0.2, 0.25) is 0 Å². The number of nitrogens with zero attached hydrogens (tertiary/aromatic N) is 2. The van der Waals surface area contributed by atoms with Crippen LogP contribution in [0, 0.1) is 20.8 Å². The molecule has 0 saturated carbocycles. The van der Waals surface area contributed by atoms with Crippen LogP contribution in [0.1, 0.15) is 51.4 Å². The highest BCUT2D eigenvalue weighted by atomic mass is 16.1. The van der Waals surface area contributed by atoms with Gasteiger partial charge in [-0.25, -0.2) is 4.98 Å². The Labute approximate surface area is 201 Å². The molecule has 5 rings (SSSR count). The van der Waals surface area contributed by atoms with E-state index in [1.54, 1.807) is 0 Å². The van der Waals surface area contributed by atoms with Crippen LogP contribution in [0.3, 0.4) is 0 Å². The van der Waals surface area contributed by atoms with Crippen molar-refractivity contribution in [2.45, 2.75) is 39.5 Å². The molecule has 3 N–H and O–H groups in total. The minimum absolute atomic E-state index is 0.394. The number of hydrogen-bond donors (Lipinski definition) is 2. The largest absolute Gasteiger partial charge is 0.366 e. The van der Waals surface area contributed by atoms with Gasteiger partial charge in [-0.1, -0.05) is 24.3 Å². The third-order valence-corrected chi connectivity index (χ3v) is 7.64. The van der Waals surface area contributed by atoms with Gasteiger partial charge in [-0.3, -0.25) is 4.79 Å². The third kappa shape index (κ3) is 3.90. The van der Waals surface area contributed by atoms with E-state index in [9.17, 15) is 4.79 Å². The Morgan fingerprint density at radius 2 is 1.76 bits per heavy atom. The maximum Gasteiger partial charge on any atom is 0.248 e. The summed E-state index contributed by atoms with van der Waals surface area (Å²) in [5.41, 5.74) is 16.2. The first kappa shape index (κ1) is 22.4. The van der Waals surface area contributed by atoms with Crippen molar-refractivity contribution in [3.05, 3.63) is 76.6 Å². The maximum atomic E-state index is 11.8. The quantitative estimate of drug-likeness (QED) is 0.415. The summed E-state index contributed by atoms with van der Waals surface area (Å²) in [6.45, 7) is 8.56. The SMILES string of the molecule is Cc1cc(-c2cnc3[nH]cc(-c4ccc(C(N)=O)c(C)c4C)c3c2)ccc1C1CCN(C)CC1. The standard InChI is InChI=1S/C29H32N4O/c1-17-13-21(5-6-23(17)20-9-11-33(4)12-10-20)22-14-26-27(16-32-29(26)31-15-22)24-7-8-25(28(30)34)19(3)18(24)2/h5-8,13-16,20H,9-12H2,1-4H3,(H2,30,34)(H,31,32). The van der Waals surface area contributed by atoms with Gasteiger partial charge in [0.25, 0.3) is 0 Å². The number of carbonyl (C=O) groups is 1. The fourth-order valence-electron chi connectivity index (χ4n) is 5.40. The molecule has 4 aromatic rings. The van der Waals surface area contributed by atoms with E-state index in [1.807, 2.05) is 38.4 Å². The zero-order valence-corrected chi connectivity index (χ0v) is 20.4. The molecule has 1 aliphatic heterocycles. The first-order valence-corrected chi connectivity index (χ1v) is 12.0. The molecule has 5 heteroatoms. The van der Waals surface area contributed by atoms with Crippen molar-refractivity contribution in [2.24, 2.45) is 5.73 Å². The zero-order valence-electron chi connectivity index (χ0n) is 20.4. The fraction of sp³-hybridized carbons (Fsp3) is 0.310. The number of rotatable bonds is 4. The number of fused-ring (bicyclic) bond motifs is 1. The van der Waals surface area contributed by atoms with E-state index in [2.05, 4.69) is 48.1 Å². The molecule has 3 heterocycles. The lowest BCUT2D eigenvalue weighted by molar-refractivity contribution is 0.0999. The van der Waals surface area contributed by atoms with E-state index in [1.165, 1.54) is 42.6 Å². The van der Waals surface area contributed by atoms with E-state index in [0.717, 1.165) is 38.9 Å². The number of pyridine rings is 1. The van der Waals surface area contributed by atoms with Crippen molar-refractivity contribution in [1.29, 1.82) is 0 Å². The number of aryl methyl sites for hydroxylation is 1. The second-order valence-electron chi connectivity index (χ2n) is 9.75. The zero-order chi connectivity index (χ0) is 24.0. The summed E-state index contributed by atoms with van der Waals surface area (Å²) in [5, 5.41) is 1.07. The molecule has 0 atom stereocenters. The summed E-state index contributed by atoms with van der Waals surface area (Å²) in [7, 11) is 2.21. The molecule has 0 radical (unpaired) electrons. The first-order valence-electron chi connectivity index (χ1n) is 12.0. The maximum absolute atomic E-state index is 11.8. The lowest BCUT2D eigenvalue weighted by Crippen LogP contribution is -2.29. The topological polar surface area (TPSA) is 75.0 Å². The van der Waals surface area contributed by atoms with Gasteiger partial charge in [-0.05, 0) is 105 Å². The van der Waals surface area contributed by atoms with Crippen LogP contribution in [0.4, 0.5) is 0 Å².